The van der Waals surface area contributed by atoms with E-state index in [1.54, 1.807) is 10.9 Å². The van der Waals surface area contributed by atoms with Gasteiger partial charge in [0.2, 0.25) is 10.0 Å². The molecule has 1 aliphatic rings. The monoisotopic (exact) mass is 436 g/mol. The zero-order valence-corrected chi connectivity index (χ0v) is 16.1. The second kappa shape index (κ2) is 7.29. The zero-order chi connectivity index (χ0) is 21.4. The van der Waals surface area contributed by atoms with E-state index in [1.807, 2.05) is 30.3 Å². The van der Waals surface area contributed by atoms with E-state index in [0.717, 1.165) is 29.8 Å². The minimum atomic E-state index is -4.67. The van der Waals surface area contributed by atoms with Crippen molar-refractivity contribution < 1.29 is 21.6 Å². The van der Waals surface area contributed by atoms with Gasteiger partial charge in [0, 0.05) is 5.56 Å². The Labute approximate surface area is 169 Å². The maximum absolute atomic E-state index is 13.0. The molecule has 4 rings (SSSR count). The fourth-order valence-electron chi connectivity index (χ4n) is 2.83. The Hall–Kier alpha value is -3.12. The van der Waals surface area contributed by atoms with Crippen molar-refractivity contribution in [1.29, 1.82) is 0 Å². The molecule has 30 heavy (non-hydrogen) atoms. The van der Waals surface area contributed by atoms with Crippen LogP contribution in [0.5, 0.6) is 0 Å². The van der Waals surface area contributed by atoms with E-state index >= 15 is 0 Å². The molecule has 3 aromatic rings. The number of sulfonamides is 1. The van der Waals surface area contributed by atoms with Crippen molar-refractivity contribution in [2.24, 2.45) is 10.2 Å². The largest absolute Gasteiger partial charge is 0.442 e. The molecule has 0 fully saturated rings. The summed E-state index contributed by atoms with van der Waals surface area (Å²) in [6.45, 7) is 0.370. The summed E-state index contributed by atoms with van der Waals surface area (Å²) in [6.07, 6.45) is -3.06. The summed E-state index contributed by atoms with van der Waals surface area (Å²) in [6, 6.07) is 13.8. The van der Waals surface area contributed by atoms with E-state index in [0.29, 0.717) is 12.2 Å². The number of benzene rings is 2. The number of hydrogen-bond donors (Lipinski definition) is 1. The molecule has 2 aromatic carbocycles. The van der Waals surface area contributed by atoms with Crippen LogP contribution in [0.4, 0.5) is 13.2 Å². The molecule has 0 unspecified atom stereocenters. The molecule has 1 N–H and O–H groups in total. The van der Waals surface area contributed by atoms with Crippen molar-refractivity contribution in [1.82, 2.24) is 19.7 Å². The van der Waals surface area contributed by atoms with Crippen molar-refractivity contribution in [2.75, 3.05) is 0 Å². The third-order valence-corrected chi connectivity index (χ3v) is 5.90. The van der Waals surface area contributed by atoms with Crippen molar-refractivity contribution in [2.45, 2.75) is 29.8 Å². The average Bonchev–Trinajstić information content (AvgIpc) is 3.43. The van der Waals surface area contributed by atoms with Crippen LogP contribution in [0.2, 0.25) is 0 Å². The summed E-state index contributed by atoms with van der Waals surface area (Å²) in [7, 11) is -3.95. The lowest BCUT2D eigenvalue weighted by Crippen LogP contribution is -2.30. The van der Waals surface area contributed by atoms with Gasteiger partial charge in [-0.3, -0.25) is 0 Å². The average molecular weight is 436 g/mol. The van der Waals surface area contributed by atoms with Crippen LogP contribution in [-0.4, -0.2) is 29.6 Å². The standard InChI is InChI=1S/C18H15F3N6O2S/c19-18(20,21)17(24-25-17)14-6-8-16(9-7-14)30(28,29)22-10-15-12-27(26-23-15)11-13-4-2-1-3-5-13/h1-9,12,22H,10-11H2. The summed E-state index contributed by atoms with van der Waals surface area (Å²) in [5, 5.41) is 14.1. The van der Waals surface area contributed by atoms with Gasteiger partial charge in [-0.15, -0.1) is 15.3 Å². The Kier molecular flexibility index (Phi) is 4.90. The van der Waals surface area contributed by atoms with E-state index < -0.39 is 21.9 Å². The summed E-state index contributed by atoms with van der Waals surface area (Å²) in [5.74, 6) is 0. The van der Waals surface area contributed by atoms with Crippen LogP contribution in [0.25, 0.3) is 0 Å². The second-order valence-corrected chi connectivity index (χ2v) is 8.38. The van der Waals surface area contributed by atoms with E-state index in [4.69, 9.17) is 0 Å². The molecule has 0 saturated carbocycles. The highest BCUT2D eigenvalue weighted by molar-refractivity contribution is 7.89. The molecular formula is C18H15F3N6O2S. The van der Waals surface area contributed by atoms with Crippen molar-refractivity contribution >= 4 is 10.0 Å². The van der Waals surface area contributed by atoms with Gasteiger partial charge in [0.05, 0.1) is 29.9 Å². The first-order chi connectivity index (χ1) is 14.2. The number of nitrogens with one attached hydrogen (secondary N) is 1. The predicted molar refractivity (Wildman–Crippen MR) is 98.6 cm³/mol. The minimum Gasteiger partial charge on any atom is -0.248 e. The Morgan fingerprint density at radius 1 is 1.00 bits per heavy atom. The van der Waals surface area contributed by atoms with Crippen LogP contribution in [0, 0.1) is 0 Å². The molecule has 0 radical (unpaired) electrons. The van der Waals surface area contributed by atoms with Crippen LogP contribution in [0.3, 0.4) is 0 Å². The van der Waals surface area contributed by atoms with Crippen molar-refractivity contribution in [3.63, 3.8) is 0 Å². The molecule has 0 aliphatic carbocycles. The number of alkyl halides is 3. The highest BCUT2D eigenvalue weighted by Crippen LogP contribution is 2.52. The minimum absolute atomic E-state index is 0.115. The summed E-state index contributed by atoms with van der Waals surface area (Å²) < 4.78 is 67.9. The molecule has 0 bridgehead atoms. The number of aromatic nitrogens is 3. The topological polar surface area (TPSA) is 102 Å². The molecule has 2 heterocycles. The Morgan fingerprint density at radius 3 is 2.27 bits per heavy atom. The lowest BCUT2D eigenvalue weighted by Gasteiger charge is -2.15. The highest BCUT2D eigenvalue weighted by atomic mass is 32.2. The number of nitrogens with zero attached hydrogens (tertiary/aromatic N) is 5. The Bertz CT molecular complexity index is 1170. The normalized spacial score (nSPS) is 15.3. The number of rotatable bonds is 7. The van der Waals surface area contributed by atoms with E-state index in [-0.39, 0.29) is 17.0 Å². The van der Waals surface area contributed by atoms with Crippen LogP contribution in [0.15, 0.2) is 75.9 Å². The van der Waals surface area contributed by atoms with Gasteiger partial charge in [-0.05, 0) is 17.7 Å². The SMILES string of the molecule is O=S(=O)(NCc1cn(Cc2ccccc2)nn1)c1ccc(C2(C(F)(F)F)N=N2)cc1. The smallest absolute Gasteiger partial charge is 0.248 e. The first kappa shape index (κ1) is 20.2. The molecule has 12 heteroatoms. The number of halogens is 3. The summed E-state index contributed by atoms with van der Waals surface area (Å²) >= 11 is 0. The van der Waals surface area contributed by atoms with Gasteiger partial charge in [0.15, 0.2) is 0 Å². The molecule has 0 saturated heterocycles. The first-order valence-corrected chi connectivity index (χ1v) is 10.2. The molecule has 156 valence electrons. The van der Waals surface area contributed by atoms with Gasteiger partial charge < -0.3 is 0 Å². The Morgan fingerprint density at radius 2 is 1.67 bits per heavy atom. The lowest BCUT2D eigenvalue weighted by molar-refractivity contribution is -0.166. The predicted octanol–water partition coefficient (Wildman–Crippen LogP) is 2.99. The Balaban J connectivity index is 1.40. The van der Waals surface area contributed by atoms with E-state index in [9.17, 15) is 21.6 Å². The maximum atomic E-state index is 13.0. The molecule has 0 amide bonds. The second-order valence-electron chi connectivity index (χ2n) is 6.61. The van der Waals surface area contributed by atoms with Gasteiger partial charge >= 0.3 is 11.8 Å². The van der Waals surface area contributed by atoms with Crippen LogP contribution < -0.4 is 4.72 Å². The third-order valence-electron chi connectivity index (χ3n) is 4.48. The molecular weight excluding hydrogens is 421 g/mol. The van der Waals surface area contributed by atoms with Gasteiger partial charge in [0.25, 0.3) is 0 Å². The van der Waals surface area contributed by atoms with Gasteiger partial charge in [-0.2, -0.15) is 13.2 Å². The summed E-state index contributed by atoms with van der Waals surface area (Å²) in [5.41, 5.74) is -1.41. The van der Waals surface area contributed by atoms with Gasteiger partial charge in [-0.25, -0.2) is 17.8 Å². The van der Waals surface area contributed by atoms with Crippen molar-refractivity contribution in [3.05, 3.63) is 77.6 Å². The quantitative estimate of drug-likeness (QED) is 0.615. The number of hydrogen-bond acceptors (Lipinski definition) is 6. The highest BCUT2D eigenvalue weighted by Gasteiger charge is 2.65. The van der Waals surface area contributed by atoms with Crippen LogP contribution in [0.1, 0.15) is 16.8 Å². The van der Waals surface area contributed by atoms with Gasteiger partial charge in [-0.1, -0.05) is 47.7 Å². The zero-order valence-electron chi connectivity index (χ0n) is 15.3. The first-order valence-electron chi connectivity index (χ1n) is 8.74. The fourth-order valence-corrected chi connectivity index (χ4v) is 3.83. The third kappa shape index (κ3) is 3.96. The van der Waals surface area contributed by atoms with Crippen molar-refractivity contribution in [3.8, 4) is 0 Å². The van der Waals surface area contributed by atoms with Crippen LogP contribution >= 0.6 is 0 Å². The molecule has 1 aliphatic heterocycles. The van der Waals surface area contributed by atoms with Gasteiger partial charge in [0.1, 0.15) is 0 Å². The maximum Gasteiger partial charge on any atom is 0.442 e. The van der Waals surface area contributed by atoms with E-state index in [2.05, 4.69) is 25.3 Å². The molecule has 0 atom stereocenters. The molecule has 8 nitrogen and oxygen atoms in total. The molecule has 1 aromatic heterocycles. The summed E-state index contributed by atoms with van der Waals surface area (Å²) in [4.78, 5) is -0.180. The molecule has 0 spiro atoms. The lowest BCUT2D eigenvalue weighted by atomic mass is 10.0. The van der Waals surface area contributed by atoms with Crippen LogP contribution in [-0.2, 0) is 28.8 Å². The fraction of sp³-hybridized carbons (Fsp3) is 0.222. The van der Waals surface area contributed by atoms with E-state index in [1.165, 1.54) is 0 Å².